The Bertz CT molecular complexity index is 554. The number of aryl methyl sites for hydroxylation is 1. The van der Waals surface area contributed by atoms with Crippen molar-refractivity contribution in [2.75, 3.05) is 18.4 Å². The summed E-state index contributed by atoms with van der Waals surface area (Å²) in [5, 5.41) is 6.22. The van der Waals surface area contributed by atoms with E-state index in [4.69, 9.17) is 0 Å². The van der Waals surface area contributed by atoms with Crippen LogP contribution in [0.3, 0.4) is 0 Å². The number of amides is 1. The van der Waals surface area contributed by atoms with Crippen LogP contribution in [0.2, 0.25) is 0 Å². The summed E-state index contributed by atoms with van der Waals surface area (Å²) in [6, 6.07) is 1.73. The van der Waals surface area contributed by atoms with Crippen LogP contribution in [-0.4, -0.2) is 29.0 Å². The van der Waals surface area contributed by atoms with Crippen LogP contribution < -0.4 is 10.6 Å². The molecule has 1 aliphatic carbocycles. The summed E-state index contributed by atoms with van der Waals surface area (Å²) in [6.45, 7) is 5.50. The molecule has 2 N–H and O–H groups in total. The number of unbranched alkanes of at least 4 members (excludes halogenated alkanes) is 1. The van der Waals surface area contributed by atoms with Crippen LogP contribution in [0, 0.1) is 6.92 Å². The normalized spacial score (nSPS) is 14.3. The number of allylic oxidation sites excluding steroid dienone is 1. The summed E-state index contributed by atoms with van der Waals surface area (Å²) in [4.78, 5) is 20.9. The average Bonchev–Trinajstić information content (AvgIpc) is 2.55. The van der Waals surface area contributed by atoms with Gasteiger partial charge in [0.05, 0.1) is 0 Å². The molecule has 0 bridgehead atoms. The third kappa shape index (κ3) is 6.00. The van der Waals surface area contributed by atoms with Crippen molar-refractivity contribution >= 4 is 11.7 Å². The second-order valence-electron chi connectivity index (χ2n) is 6.08. The van der Waals surface area contributed by atoms with E-state index in [0.717, 1.165) is 31.6 Å². The Kier molecular flexibility index (Phi) is 7.04. The molecule has 1 aromatic heterocycles. The third-order valence-electron chi connectivity index (χ3n) is 4.02. The second-order valence-corrected chi connectivity index (χ2v) is 6.08. The highest BCUT2D eigenvalue weighted by atomic mass is 16.1. The van der Waals surface area contributed by atoms with E-state index in [0.29, 0.717) is 18.1 Å². The molecular formula is C18H28N4O. The quantitative estimate of drug-likeness (QED) is 0.568. The molecule has 0 spiro atoms. The lowest BCUT2D eigenvalue weighted by atomic mass is 9.97. The van der Waals surface area contributed by atoms with Crippen molar-refractivity contribution in [3.05, 3.63) is 29.2 Å². The van der Waals surface area contributed by atoms with E-state index in [9.17, 15) is 4.79 Å². The Balaban J connectivity index is 1.86. The molecule has 0 saturated heterocycles. The molecule has 0 radical (unpaired) electrons. The molecular weight excluding hydrogens is 288 g/mol. The fourth-order valence-electron chi connectivity index (χ4n) is 2.73. The van der Waals surface area contributed by atoms with Crippen LogP contribution in [0.1, 0.15) is 68.2 Å². The second kappa shape index (κ2) is 9.28. The van der Waals surface area contributed by atoms with Gasteiger partial charge in [-0.2, -0.15) is 0 Å². The predicted molar refractivity (Wildman–Crippen MR) is 93.7 cm³/mol. The van der Waals surface area contributed by atoms with E-state index in [1.165, 1.54) is 31.3 Å². The number of hydrogen-bond donors (Lipinski definition) is 2. The molecule has 0 atom stereocenters. The summed E-state index contributed by atoms with van der Waals surface area (Å²) in [7, 11) is 0. The molecule has 1 amide bonds. The van der Waals surface area contributed by atoms with Gasteiger partial charge in [-0.05, 0) is 45.4 Å². The Morgan fingerprint density at radius 1 is 1.26 bits per heavy atom. The van der Waals surface area contributed by atoms with Gasteiger partial charge in [0.25, 0.3) is 5.91 Å². The van der Waals surface area contributed by atoms with E-state index < -0.39 is 0 Å². The SMILES string of the molecule is CCCCNc1cc(C(=O)NCCC2=CCCCC2)nc(C)n1. The first kappa shape index (κ1) is 17.4. The Morgan fingerprint density at radius 2 is 2.13 bits per heavy atom. The lowest BCUT2D eigenvalue weighted by molar-refractivity contribution is 0.0948. The lowest BCUT2D eigenvalue weighted by Gasteiger charge is -2.13. The fraction of sp³-hybridized carbons (Fsp3) is 0.611. The standard InChI is InChI=1S/C18H28N4O/c1-3-4-11-19-17-13-16(21-14(2)22-17)18(23)20-12-10-15-8-6-5-7-9-15/h8,13H,3-7,9-12H2,1-2H3,(H,20,23)(H,19,21,22). The van der Waals surface area contributed by atoms with Crippen LogP contribution in [0.25, 0.3) is 0 Å². The Hall–Kier alpha value is -1.91. The van der Waals surface area contributed by atoms with Gasteiger partial charge in [-0.1, -0.05) is 25.0 Å². The maximum atomic E-state index is 12.3. The smallest absolute Gasteiger partial charge is 0.270 e. The lowest BCUT2D eigenvalue weighted by Crippen LogP contribution is -2.26. The summed E-state index contributed by atoms with van der Waals surface area (Å²) in [5.41, 5.74) is 1.91. The number of rotatable bonds is 8. The van der Waals surface area contributed by atoms with Crippen LogP contribution in [-0.2, 0) is 0 Å². The largest absolute Gasteiger partial charge is 0.370 e. The minimum Gasteiger partial charge on any atom is -0.370 e. The Labute approximate surface area is 139 Å². The number of nitrogens with zero attached hydrogens (tertiary/aromatic N) is 2. The van der Waals surface area contributed by atoms with E-state index in [2.05, 4.69) is 33.6 Å². The number of hydrogen-bond acceptors (Lipinski definition) is 4. The van der Waals surface area contributed by atoms with Crippen molar-refractivity contribution < 1.29 is 4.79 Å². The van der Waals surface area contributed by atoms with Gasteiger partial charge in [-0.3, -0.25) is 4.79 Å². The van der Waals surface area contributed by atoms with Crippen molar-refractivity contribution in [1.82, 2.24) is 15.3 Å². The van der Waals surface area contributed by atoms with Crippen LogP contribution in [0.15, 0.2) is 17.7 Å². The molecule has 0 fully saturated rings. The van der Waals surface area contributed by atoms with Crippen LogP contribution in [0.5, 0.6) is 0 Å². The van der Waals surface area contributed by atoms with Gasteiger partial charge in [0.15, 0.2) is 0 Å². The summed E-state index contributed by atoms with van der Waals surface area (Å²) in [6.07, 6.45) is 10.4. The molecule has 0 unspecified atom stereocenters. The molecule has 0 saturated carbocycles. The molecule has 0 aliphatic heterocycles. The van der Waals surface area contributed by atoms with Gasteiger partial charge in [-0.15, -0.1) is 0 Å². The monoisotopic (exact) mass is 316 g/mol. The van der Waals surface area contributed by atoms with Crippen molar-refractivity contribution in [3.8, 4) is 0 Å². The van der Waals surface area contributed by atoms with Gasteiger partial charge >= 0.3 is 0 Å². The van der Waals surface area contributed by atoms with Gasteiger partial charge in [-0.25, -0.2) is 9.97 Å². The molecule has 5 nitrogen and oxygen atoms in total. The molecule has 0 aromatic carbocycles. The zero-order chi connectivity index (χ0) is 16.5. The third-order valence-corrected chi connectivity index (χ3v) is 4.02. The van der Waals surface area contributed by atoms with Crippen LogP contribution in [0.4, 0.5) is 5.82 Å². The summed E-state index contributed by atoms with van der Waals surface area (Å²) >= 11 is 0. The zero-order valence-corrected chi connectivity index (χ0v) is 14.3. The Morgan fingerprint density at radius 3 is 2.87 bits per heavy atom. The molecule has 1 aromatic rings. The highest BCUT2D eigenvalue weighted by Gasteiger charge is 2.11. The van der Waals surface area contributed by atoms with Gasteiger partial charge in [0, 0.05) is 19.2 Å². The molecule has 5 heteroatoms. The van der Waals surface area contributed by atoms with Crippen molar-refractivity contribution in [2.24, 2.45) is 0 Å². The average molecular weight is 316 g/mol. The van der Waals surface area contributed by atoms with Gasteiger partial charge < -0.3 is 10.6 Å². The first-order chi connectivity index (χ1) is 11.2. The topological polar surface area (TPSA) is 66.9 Å². The van der Waals surface area contributed by atoms with Gasteiger partial charge in [0.1, 0.15) is 17.3 Å². The maximum Gasteiger partial charge on any atom is 0.270 e. The van der Waals surface area contributed by atoms with E-state index in [-0.39, 0.29) is 5.91 Å². The zero-order valence-electron chi connectivity index (χ0n) is 14.3. The number of nitrogens with one attached hydrogen (secondary N) is 2. The molecule has 23 heavy (non-hydrogen) atoms. The summed E-state index contributed by atoms with van der Waals surface area (Å²) < 4.78 is 0. The fourth-order valence-corrected chi connectivity index (χ4v) is 2.73. The molecule has 1 heterocycles. The number of carbonyl (C=O) groups excluding carboxylic acids is 1. The number of aromatic nitrogens is 2. The minimum atomic E-state index is -0.120. The molecule has 126 valence electrons. The van der Waals surface area contributed by atoms with Crippen molar-refractivity contribution in [1.29, 1.82) is 0 Å². The highest BCUT2D eigenvalue weighted by molar-refractivity contribution is 5.92. The number of carbonyl (C=O) groups is 1. The number of anilines is 1. The molecule has 2 rings (SSSR count). The van der Waals surface area contributed by atoms with E-state index in [1.54, 1.807) is 6.07 Å². The first-order valence-corrected chi connectivity index (χ1v) is 8.74. The van der Waals surface area contributed by atoms with Crippen molar-refractivity contribution in [2.45, 2.75) is 58.8 Å². The predicted octanol–water partition coefficient (Wildman–Crippen LogP) is 3.62. The highest BCUT2D eigenvalue weighted by Crippen LogP contribution is 2.19. The summed E-state index contributed by atoms with van der Waals surface area (Å²) in [5.74, 6) is 1.23. The maximum absolute atomic E-state index is 12.3. The minimum absolute atomic E-state index is 0.120. The van der Waals surface area contributed by atoms with Crippen molar-refractivity contribution in [3.63, 3.8) is 0 Å². The molecule has 1 aliphatic rings. The van der Waals surface area contributed by atoms with Gasteiger partial charge in [0.2, 0.25) is 0 Å². The van der Waals surface area contributed by atoms with Crippen LogP contribution >= 0.6 is 0 Å². The van der Waals surface area contributed by atoms with E-state index >= 15 is 0 Å². The first-order valence-electron chi connectivity index (χ1n) is 8.74. The van der Waals surface area contributed by atoms with E-state index in [1.807, 2.05) is 6.92 Å².